The molecule has 0 aromatic carbocycles. The Morgan fingerprint density at radius 3 is 2.06 bits per heavy atom. The van der Waals surface area contributed by atoms with Gasteiger partial charge in [0.15, 0.2) is 5.25 Å². The fraction of sp³-hybridized carbons (Fsp3) is 0.792. The molecule has 0 fully saturated rings. The van der Waals surface area contributed by atoms with Crippen molar-refractivity contribution in [2.45, 2.75) is 108 Å². The molecule has 1 amide bonds. The van der Waals surface area contributed by atoms with Crippen LogP contribution in [0.4, 0.5) is 0 Å². The maximum absolute atomic E-state index is 11.3. The molecule has 36 heavy (non-hydrogen) atoms. The third kappa shape index (κ3) is 25.1. The minimum atomic E-state index is -4.84. The molecular formula is C24H45NO10S. The van der Waals surface area contributed by atoms with Crippen LogP contribution in [-0.4, -0.2) is 75.7 Å². The highest BCUT2D eigenvalue weighted by molar-refractivity contribution is 7.87. The van der Waals surface area contributed by atoms with Crippen LogP contribution in [0.25, 0.3) is 0 Å². The van der Waals surface area contributed by atoms with E-state index in [1.165, 1.54) is 38.5 Å². The third-order valence-corrected chi connectivity index (χ3v) is 6.26. The highest BCUT2D eigenvalue weighted by atomic mass is 32.2. The highest BCUT2D eigenvalue weighted by Crippen LogP contribution is 2.10. The second-order valence-electron chi connectivity index (χ2n) is 8.53. The molecule has 0 aliphatic carbocycles. The van der Waals surface area contributed by atoms with Gasteiger partial charge in [-0.15, -0.1) is 0 Å². The van der Waals surface area contributed by atoms with Crippen LogP contribution < -0.4 is 5.32 Å². The third-order valence-electron chi connectivity index (χ3n) is 5.17. The molecule has 0 spiro atoms. The van der Waals surface area contributed by atoms with Gasteiger partial charge in [0.25, 0.3) is 10.1 Å². The molecule has 0 aliphatic rings. The standard InChI is InChI=1S/C20H39NO3.C4H6O7S/c1-2-3-4-11-14-19(23)15-12-9-7-5-6-8-10-13-16-20(24)21-17-18-22;5-3(6)1-2(4(7)8)12(9,10)11/h9,12,19,22-23H,2-8,10-11,13-18H2,1H3,(H,21,24);2H,1H2,(H,5,6)(H,7,8)(H,9,10,11)/b12-9-;/t19-;/m1./s1. The van der Waals surface area contributed by atoms with Gasteiger partial charge in [0.2, 0.25) is 5.91 Å². The van der Waals surface area contributed by atoms with Crippen LogP contribution in [0.5, 0.6) is 0 Å². The lowest BCUT2D eigenvalue weighted by molar-refractivity contribution is -0.143. The summed E-state index contributed by atoms with van der Waals surface area (Å²) in [6.07, 6.45) is 16.8. The molecule has 0 rings (SSSR count). The van der Waals surface area contributed by atoms with Crippen molar-refractivity contribution >= 4 is 28.0 Å². The molecular weight excluding hydrogens is 494 g/mol. The number of hydrogen-bond acceptors (Lipinski definition) is 7. The van der Waals surface area contributed by atoms with E-state index in [9.17, 15) is 27.9 Å². The Morgan fingerprint density at radius 1 is 0.917 bits per heavy atom. The minimum Gasteiger partial charge on any atom is -0.481 e. The summed E-state index contributed by atoms with van der Waals surface area (Å²) in [5, 5.41) is 35.0. The minimum absolute atomic E-state index is 0.00907. The summed E-state index contributed by atoms with van der Waals surface area (Å²) >= 11 is 0. The quantitative estimate of drug-likeness (QED) is 0.0716. The number of carbonyl (C=O) groups excluding carboxylic acids is 1. The van der Waals surface area contributed by atoms with Gasteiger partial charge in [-0.3, -0.25) is 18.9 Å². The molecule has 0 radical (unpaired) electrons. The summed E-state index contributed by atoms with van der Waals surface area (Å²) in [5.41, 5.74) is 0. The molecule has 0 aromatic heterocycles. The van der Waals surface area contributed by atoms with Crippen LogP contribution in [0.3, 0.4) is 0 Å². The molecule has 1 unspecified atom stereocenters. The zero-order valence-electron chi connectivity index (χ0n) is 21.3. The number of rotatable bonds is 21. The number of amides is 1. The van der Waals surface area contributed by atoms with E-state index < -0.39 is 33.7 Å². The van der Waals surface area contributed by atoms with Crippen molar-refractivity contribution in [3.8, 4) is 0 Å². The van der Waals surface area contributed by atoms with E-state index in [0.717, 1.165) is 38.5 Å². The van der Waals surface area contributed by atoms with E-state index in [0.29, 0.717) is 13.0 Å². The molecule has 12 heteroatoms. The van der Waals surface area contributed by atoms with Crippen LogP contribution in [0.1, 0.15) is 96.8 Å². The molecule has 0 bridgehead atoms. The molecule has 0 saturated heterocycles. The summed E-state index contributed by atoms with van der Waals surface area (Å²) in [4.78, 5) is 31.3. The molecule has 2 atom stereocenters. The highest BCUT2D eigenvalue weighted by Gasteiger charge is 2.33. The molecule has 0 heterocycles. The van der Waals surface area contributed by atoms with Crippen LogP contribution in [0.15, 0.2) is 12.2 Å². The van der Waals surface area contributed by atoms with Gasteiger partial charge >= 0.3 is 11.9 Å². The Bertz CT molecular complexity index is 724. The number of aliphatic hydroxyl groups is 2. The molecule has 0 aromatic rings. The first-order valence-electron chi connectivity index (χ1n) is 12.6. The van der Waals surface area contributed by atoms with E-state index >= 15 is 0 Å². The van der Waals surface area contributed by atoms with Crippen molar-refractivity contribution in [1.29, 1.82) is 0 Å². The second-order valence-corrected chi connectivity index (χ2v) is 10.1. The first-order valence-corrected chi connectivity index (χ1v) is 14.1. The van der Waals surface area contributed by atoms with E-state index in [2.05, 4.69) is 24.4 Å². The van der Waals surface area contributed by atoms with Gasteiger partial charge in [-0.2, -0.15) is 8.42 Å². The van der Waals surface area contributed by atoms with Crippen LogP contribution in [0, 0.1) is 0 Å². The van der Waals surface area contributed by atoms with Crippen molar-refractivity contribution in [3.63, 3.8) is 0 Å². The molecule has 0 aliphatic heterocycles. The van der Waals surface area contributed by atoms with Gasteiger partial charge in [-0.25, -0.2) is 0 Å². The molecule has 212 valence electrons. The fourth-order valence-electron chi connectivity index (χ4n) is 3.14. The molecule has 0 saturated carbocycles. The van der Waals surface area contributed by atoms with Crippen LogP contribution in [0.2, 0.25) is 0 Å². The normalized spacial score (nSPS) is 13.0. The second kappa shape index (κ2) is 23.4. The van der Waals surface area contributed by atoms with Gasteiger partial charge in [0, 0.05) is 13.0 Å². The number of nitrogens with one attached hydrogen (secondary N) is 1. The number of carboxylic acid groups (broad SMARTS) is 2. The summed E-state index contributed by atoms with van der Waals surface area (Å²) in [6, 6.07) is 0. The number of aliphatic hydroxyl groups excluding tert-OH is 2. The summed E-state index contributed by atoms with van der Waals surface area (Å²) in [6.45, 7) is 2.57. The number of aliphatic carboxylic acids is 2. The lowest BCUT2D eigenvalue weighted by Crippen LogP contribution is -2.31. The summed E-state index contributed by atoms with van der Waals surface area (Å²) < 4.78 is 28.7. The van der Waals surface area contributed by atoms with Gasteiger partial charge in [-0.05, 0) is 32.1 Å². The smallest absolute Gasteiger partial charge is 0.325 e. The SMILES string of the molecule is CCCCCC[C@@H](O)C/C=C\CCCCCCCC(=O)NCCO.O=C(O)CC(C(=O)O)S(=O)(=O)O. The fourth-order valence-corrected chi connectivity index (χ4v) is 3.74. The number of carboxylic acids is 2. The summed E-state index contributed by atoms with van der Waals surface area (Å²) in [7, 11) is -4.84. The van der Waals surface area contributed by atoms with E-state index in [4.69, 9.17) is 19.9 Å². The average Bonchev–Trinajstić information content (AvgIpc) is 2.79. The van der Waals surface area contributed by atoms with Crippen LogP contribution >= 0.6 is 0 Å². The average molecular weight is 540 g/mol. The largest absolute Gasteiger partial charge is 0.481 e. The molecule has 11 nitrogen and oxygen atoms in total. The van der Waals surface area contributed by atoms with E-state index in [-0.39, 0.29) is 18.6 Å². The van der Waals surface area contributed by atoms with Gasteiger partial charge < -0.3 is 25.7 Å². The van der Waals surface area contributed by atoms with Crippen molar-refractivity contribution < 1.29 is 47.8 Å². The first-order chi connectivity index (χ1) is 16.9. The van der Waals surface area contributed by atoms with Gasteiger partial charge in [0.1, 0.15) is 0 Å². The van der Waals surface area contributed by atoms with Crippen molar-refractivity contribution in [3.05, 3.63) is 12.2 Å². The molecule has 6 N–H and O–H groups in total. The van der Waals surface area contributed by atoms with Gasteiger partial charge in [0.05, 0.1) is 19.1 Å². The maximum atomic E-state index is 11.3. The first kappa shape index (κ1) is 36.1. The number of allylic oxidation sites excluding steroid dienone is 1. The zero-order valence-corrected chi connectivity index (χ0v) is 22.1. The Labute approximate surface area is 214 Å². The van der Waals surface area contributed by atoms with Crippen LogP contribution in [-0.2, 0) is 24.5 Å². The van der Waals surface area contributed by atoms with Crippen molar-refractivity contribution in [2.75, 3.05) is 13.2 Å². The van der Waals surface area contributed by atoms with Crippen molar-refractivity contribution in [2.24, 2.45) is 0 Å². The van der Waals surface area contributed by atoms with Gasteiger partial charge in [-0.1, -0.05) is 64.0 Å². The topological polar surface area (TPSA) is 199 Å². The Kier molecular flexibility index (Phi) is 23.5. The number of hydrogen-bond donors (Lipinski definition) is 6. The number of carbonyl (C=O) groups is 3. The monoisotopic (exact) mass is 539 g/mol. The van der Waals surface area contributed by atoms with Crippen molar-refractivity contribution in [1.82, 2.24) is 5.32 Å². The van der Waals surface area contributed by atoms with E-state index in [1.807, 2.05) is 0 Å². The Morgan fingerprint density at radius 2 is 1.53 bits per heavy atom. The Balaban J connectivity index is 0. The maximum Gasteiger partial charge on any atom is 0.325 e. The van der Waals surface area contributed by atoms with E-state index in [1.54, 1.807) is 0 Å². The lowest BCUT2D eigenvalue weighted by atomic mass is 10.1. The zero-order chi connectivity index (χ0) is 27.8. The summed E-state index contributed by atoms with van der Waals surface area (Å²) in [5.74, 6) is -3.46. The lowest BCUT2D eigenvalue weighted by Gasteiger charge is -2.07. The number of unbranched alkanes of at least 4 members (excludes halogenated alkanes) is 8. The predicted octanol–water partition coefficient (Wildman–Crippen LogP) is 2.91. The Hall–Kier alpha value is -2.02. The predicted molar refractivity (Wildman–Crippen MR) is 136 cm³/mol.